The zero-order chi connectivity index (χ0) is 7.56. The summed E-state index contributed by atoms with van der Waals surface area (Å²) in [6.07, 6.45) is 9.18. The molecule has 1 atom stereocenters. The Balaban J connectivity index is 2.86. The molecule has 0 amide bonds. The summed E-state index contributed by atoms with van der Waals surface area (Å²) in [4.78, 5) is 0. The Morgan fingerprint density at radius 1 is 1.60 bits per heavy atom. The van der Waals surface area contributed by atoms with Gasteiger partial charge in [-0.3, -0.25) is 0 Å². The third kappa shape index (κ3) is 1.24. The summed E-state index contributed by atoms with van der Waals surface area (Å²) < 4.78 is 0. The summed E-state index contributed by atoms with van der Waals surface area (Å²) in [5.41, 5.74) is 2.69. The molecule has 0 aromatic heterocycles. The summed E-state index contributed by atoms with van der Waals surface area (Å²) in [7, 11) is 0. The fourth-order valence-corrected chi connectivity index (χ4v) is 1.64. The first-order chi connectivity index (χ1) is 4.75. The van der Waals surface area contributed by atoms with Crippen LogP contribution in [-0.2, 0) is 0 Å². The van der Waals surface area contributed by atoms with Gasteiger partial charge in [-0.05, 0) is 32.1 Å². The normalized spacial score (nSPS) is 26.3. The highest BCUT2D eigenvalue weighted by atomic mass is 14.2. The zero-order valence-corrected chi connectivity index (χ0v) is 6.78. The summed E-state index contributed by atoms with van der Waals surface area (Å²) in [6.45, 7) is 4.38. The van der Waals surface area contributed by atoms with Crippen molar-refractivity contribution >= 4 is 0 Å². The first-order valence-corrected chi connectivity index (χ1v) is 3.92. The van der Waals surface area contributed by atoms with Gasteiger partial charge in [0.1, 0.15) is 0 Å². The SMILES string of the molecule is C#CC1=C(C)CCCC1C. The quantitative estimate of drug-likeness (QED) is 0.447. The van der Waals surface area contributed by atoms with Crippen molar-refractivity contribution in [2.24, 2.45) is 5.92 Å². The molecule has 0 aromatic carbocycles. The van der Waals surface area contributed by atoms with Gasteiger partial charge in [0, 0.05) is 5.57 Å². The van der Waals surface area contributed by atoms with Gasteiger partial charge in [-0.1, -0.05) is 18.4 Å². The van der Waals surface area contributed by atoms with Crippen LogP contribution in [0.15, 0.2) is 11.1 Å². The molecule has 0 nitrogen and oxygen atoms in total. The maximum atomic E-state index is 5.38. The van der Waals surface area contributed by atoms with E-state index in [-0.39, 0.29) is 0 Å². The minimum atomic E-state index is 0.638. The molecule has 1 unspecified atom stereocenters. The summed E-state index contributed by atoms with van der Waals surface area (Å²) in [6, 6.07) is 0. The largest absolute Gasteiger partial charge is 0.115 e. The van der Waals surface area contributed by atoms with Gasteiger partial charge in [0.15, 0.2) is 0 Å². The molecular formula is C10H14. The van der Waals surface area contributed by atoms with E-state index in [1.165, 1.54) is 30.4 Å². The fraction of sp³-hybridized carbons (Fsp3) is 0.600. The zero-order valence-electron chi connectivity index (χ0n) is 6.78. The van der Waals surface area contributed by atoms with Gasteiger partial charge in [-0.15, -0.1) is 6.42 Å². The van der Waals surface area contributed by atoms with Crippen LogP contribution in [0.5, 0.6) is 0 Å². The van der Waals surface area contributed by atoms with Crippen molar-refractivity contribution in [3.63, 3.8) is 0 Å². The minimum Gasteiger partial charge on any atom is -0.115 e. The molecule has 10 heavy (non-hydrogen) atoms. The lowest BCUT2D eigenvalue weighted by atomic mass is 9.85. The van der Waals surface area contributed by atoms with Crippen LogP contribution in [-0.4, -0.2) is 0 Å². The van der Waals surface area contributed by atoms with Crippen molar-refractivity contribution in [2.45, 2.75) is 33.1 Å². The van der Waals surface area contributed by atoms with Gasteiger partial charge in [-0.2, -0.15) is 0 Å². The molecule has 0 bridgehead atoms. The molecule has 0 fully saturated rings. The van der Waals surface area contributed by atoms with Gasteiger partial charge in [0.05, 0.1) is 0 Å². The van der Waals surface area contributed by atoms with Gasteiger partial charge < -0.3 is 0 Å². The van der Waals surface area contributed by atoms with E-state index in [1.54, 1.807) is 0 Å². The second-order valence-electron chi connectivity index (χ2n) is 3.13. The lowest BCUT2D eigenvalue weighted by Crippen LogP contribution is -2.06. The number of hydrogen-bond donors (Lipinski definition) is 0. The Morgan fingerprint density at radius 3 is 2.70 bits per heavy atom. The Hall–Kier alpha value is -0.700. The predicted molar refractivity (Wildman–Crippen MR) is 44.5 cm³/mol. The third-order valence-electron chi connectivity index (χ3n) is 2.30. The summed E-state index contributed by atoms with van der Waals surface area (Å²) in [5.74, 6) is 3.42. The van der Waals surface area contributed by atoms with E-state index in [0.29, 0.717) is 5.92 Å². The molecule has 1 aliphatic carbocycles. The van der Waals surface area contributed by atoms with Crippen LogP contribution in [0, 0.1) is 18.3 Å². The summed E-state index contributed by atoms with van der Waals surface area (Å²) in [5, 5.41) is 0. The van der Waals surface area contributed by atoms with Crippen molar-refractivity contribution in [3.05, 3.63) is 11.1 Å². The van der Waals surface area contributed by atoms with Crippen LogP contribution in [0.25, 0.3) is 0 Å². The molecule has 1 rings (SSSR count). The number of terminal acetylenes is 1. The molecule has 0 N–H and O–H groups in total. The van der Waals surface area contributed by atoms with Gasteiger partial charge in [0.2, 0.25) is 0 Å². The monoisotopic (exact) mass is 134 g/mol. The standard InChI is InChI=1S/C10H14/c1-4-10-8(2)6-5-7-9(10)3/h1,8H,5-7H2,2-3H3. The topological polar surface area (TPSA) is 0 Å². The molecule has 0 aromatic rings. The van der Waals surface area contributed by atoms with Crippen molar-refractivity contribution in [2.75, 3.05) is 0 Å². The molecule has 1 aliphatic rings. The smallest absolute Gasteiger partial charge is 0.00350 e. The van der Waals surface area contributed by atoms with E-state index in [4.69, 9.17) is 6.42 Å². The molecule has 0 spiro atoms. The molecule has 0 heteroatoms. The van der Waals surface area contributed by atoms with Crippen LogP contribution in [0.3, 0.4) is 0 Å². The Labute approximate surface area is 63.3 Å². The fourth-order valence-electron chi connectivity index (χ4n) is 1.64. The highest BCUT2D eigenvalue weighted by Gasteiger charge is 2.14. The second-order valence-corrected chi connectivity index (χ2v) is 3.13. The Morgan fingerprint density at radius 2 is 2.30 bits per heavy atom. The van der Waals surface area contributed by atoms with E-state index in [1.807, 2.05) is 0 Å². The lowest BCUT2D eigenvalue weighted by Gasteiger charge is -2.19. The molecule has 0 heterocycles. The van der Waals surface area contributed by atoms with Crippen molar-refractivity contribution in [1.29, 1.82) is 0 Å². The first-order valence-electron chi connectivity index (χ1n) is 3.92. The van der Waals surface area contributed by atoms with Crippen LogP contribution >= 0.6 is 0 Å². The van der Waals surface area contributed by atoms with E-state index >= 15 is 0 Å². The van der Waals surface area contributed by atoms with Crippen LogP contribution in [0.2, 0.25) is 0 Å². The molecule has 0 aliphatic heterocycles. The van der Waals surface area contributed by atoms with Crippen LogP contribution < -0.4 is 0 Å². The second kappa shape index (κ2) is 2.92. The average Bonchev–Trinajstić information content (AvgIpc) is 1.88. The Kier molecular flexibility index (Phi) is 2.17. The molecule has 0 saturated heterocycles. The van der Waals surface area contributed by atoms with Crippen LogP contribution in [0.1, 0.15) is 33.1 Å². The maximum Gasteiger partial charge on any atom is 0.00350 e. The van der Waals surface area contributed by atoms with E-state index < -0.39 is 0 Å². The number of hydrogen-bond acceptors (Lipinski definition) is 0. The maximum absolute atomic E-state index is 5.38. The lowest BCUT2D eigenvalue weighted by molar-refractivity contribution is 0.550. The summed E-state index contributed by atoms with van der Waals surface area (Å²) >= 11 is 0. The van der Waals surface area contributed by atoms with Gasteiger partial charge in [-0.25, -0.2) is 0 Å². The highest BCUT2D eigenvalue weighted by Crippen LogP contribution is 2.28. The first kappa shape index (κ1) is 7.41. The van der Waals surface area contributed by atoms with Crippen molar-refractivity contribution < 1.29 is 0 Å². The number of rotatable bonds is 0. The average molecular weight is 134 g/mol. The molecular weight excluding hydrogens is 120 g/mol. The van der Waals surface area contributed by atoms with Crippen LogP contribution in [0.4, 0.5) is 0 Å². The third-order valence-corrected chi connectivity index (χ3v) is 2.30. The van der Waals surface area contributed by atoms with E-state index in [9.17, 15) is 0 Å². The Bertz CT molecular complexity index is 191. The van der Waals surface area contributed by atoms with Crippen molar-refractivity contribution in [1.82, 2.24) is 0 Å². The molecule has 0 saturated carbocycles. The van der Waals surface area contributed by atoms with Gasteiger partial charge in [0.25, 0.3) is 0 Å². The van der Waals surface area contributed by atoms with E-state index in [2.05, 4.69) is 19.8 Å². The number of allylic oxidation sites excluding steroid dienone is 2. The molecule has 54 valence electrons. The van der Waals surface area contributed by atoms with Gasteiger partial charge >= 0.3 is 0 Å². The van der Waals surface area contributed by atoms with E-state index in [0.717, 1.165) is 0 Å². The highest BCUT2D eigenvalue weighted by molar-refractivity contribution is 5.33. The molecule has 0 radical (unpaired) electrons. The van der Waals surface area contributed by atoms with Crippen molar-refractivity contribution in [3.8, 4) is 12.3 Å². The minimum absolute atomic E-state index is 0.638. The predicted octanol–water partition coefficient (Wildman–Crippen LogP) is 2.76.